The molecule has 0 bridgehead atoms. The molecule has 1 aromatic heterocycles. The lowest BCUT2D eigenvalue weighted by atomic mass is 10.00. The Bertz CT molecular complexity index is 828. The number of fused-ring (bicyclic) bond motifs is 1. The molecule has 8 nitrogen and oxygen atoms in total. The Kier molecular flexibility index (Phi) is 6.20. The van der Waals surface area contributed by atoms with E-state index in [0.717, 1.165) is 38.3 Å². The van der Waals surface area contributed by atoms with Crippen LogP contribution in [0.25, 0.3) is 0 Å². The van der Waals surface area contributed by atoms with Crippen LogP contribution in [0.5, 0.6) is 0 Å². The Morgan fingerprint density at radius 3 is 2.72 bits per heavy atom. The van der Waals surface area contributed by atoms with E-state index in [1.165, 1.54) is 11.1 Å². The van der Waals surface area contributed by atoms with Crippen LogP contribution in [0.15, 0.2) is 24.3 Å². The van der Waals surface area contributed by atoms with Crippen LogP contribution in [0.4, 0.5) is 0 Å². The molecule has 2 aromatic rings. The molecule has 0 aliphatic carbocycles. The van der Waals surface area contributed by atoms with Gasteiger partial charge in [-0.15, -0.1) is 5.10 Å². The van der Waals surface area contributed by atoms with Crippen molar-refractivity contribution in [1.82, 2.24) is 30.0 Å². The first-order chi connectivity index (χ1) is 14.1. The number of benzene rings is 1. The van der Waals surface area contributed by atoms with Gasteiger partial charge in [0.15, 0.2) is 5.82 Å². The highest BCUT2D eigenvalue weighted by molar-refractivity contribution is 5.76. The molecule has 2 atom stereocenters. The first-order valence-corrected chi connectivity index (χ1v) is 10.6. The molecule has 1 fully saturated rings. The first kappa shape index (κ1) is 20.0. The number of amides is 1. The number of nitrogens with zero attached hydrogens (tertiary/aromatic N) is 6. The van der Waals surface area contributed by atoms with Gasteiger partial charge >= 0.3 is 0 Å². The summed E-state index contributed by atoms with van der Waals surface area (Å²) < 4.78 is 7.56. The van der Waals surface area contributed by atoms with Crippen LogP contribution < -0.4 is 0 Å². The van der Waals surface area contributed by atoms with E-state index in [4.69, 9.17) is 4.74 Å². The van der Waals surface area contributed by atoms with E-state index in [0.29, 0.717) is 26.1 Å². The third-order valence-corrected chi connectivity index (χ3v) is 5.71. The third kappa shape index (κ3) is 5.00. The predicted molar refractivity (Wildman–Crippen MR) is 108 cm³/mol. The molecule has 0 unspecified atom stereocenters. The van der Waals surface area contributed by atoms with Crippen molar-refractivity contribution >= 4 is 5.91 Å². The average molecular weight is 399 g/mol. The molecule has 8 heteroatoms. The number of hydrogen-bond donors (Lipinski definition) is 0. The van der Waals surface area contributed by atoms with E-state index in [-0.39, 0.29) is 18.1 Å². The van der Waals surface area contributed by atoms with Crippen molar-refractivity contribution in [3.8, 4) is 0 Å². The number of morpholine rings is 1. The third-order valence-electron chi connectivity index (χ3n) is 5.71. The SMILES string of the molecule is C[C@@H]1CN(C(=O)CCCn2nnnc2CN2CCc3ccccc3C2)C[C@H](C)O1. The highest BCUT2D eigenvalue weighted by Gasteiger charge is 2.25. The van der Waals surface area contributed by atoms with Crippen LogP contribution in [-0.4, -0.2) is 67.8 Å². The van der Waals surface area contributed by atoms with Crippen molar-refractivity contribution in [2.24, 2.45) is 0 Å². The Labute approximate surface area is 171 Å². The van der Waals surface area contributed by atoms with Crippen LogP contribution in [0.3, 0.4) is 0 Å². The normalized spacial score (nSPS) is 22.5. The number of ether oxygens (including phenoxy) is 1. The summed E-state index contributed by atoms with van der Waals surface area (Å²) in [5, 5.41) is 12.2. The molecule has 1 amide bonds. The summed E-state index contributed by atoms with van der Waals surface area (Å²) in [7, 11) is 0. The number of carbonyl (C=O) groups is 1. The molecule has 2 aliphatic heterocycles. The predicted octanol–water partition coefficient (Wildman–Crippen LogP) is 1.65. The quantitative estimate of drug-likeness (QED) is 0.736. The van der Waals surface area contributed by atoms with Gasteiger partial charge in [-0.1, -0.05) is 24.3 Å². The van der Waals surface area contributed by atoms with Gasteiger partial charge in [-0.2, -0.15) is 0 Å². The lowest BCUT2D eigenvalue weighted by Crippen LogP contribution is -2.48. The number of carbonyl (C=O) groups excluding carboxylic acids is 1. The second-order valence-corrected chi connectivity index (χ2v) is 8.21. The van der Waals surface area contributed by atoms with Gasteiger partial charge in [0, 0.05) is 39.1 Å². The molecule has 29 heavy (non-hydrogen) atoms. The Balaban J connectivity index is 1.27. The summed E-state index contributed by atoms with van der Waals surface area (Å²) in [6, 6.07) is 8.61. The fraction of sp³-hybridized carbons (Fsp3) is 0.619. The second kappa shape index (κ2) is 9.00. The van der Waals surface area contributed by atoms with E-state index >= 15 is 0 Å². The van der Waals surface area contributed by atoms with Crippen molar-refractivity contribution in [2.75, 3.05) is 19.6 Å². The van der Waals surface area contributed by atoms with Gasteiger partial charge in [-0.05, 0) is 48.2 Å². The average Bonchev–Trinajstić information content (AvgIpc) is 3.14. The monoisotopic (exact) mass is 398 g/mol. The largest absolute Gasteiger partial charge is 0.372 e. The van der Waals surface area contributed by atoms with Gasteiger partial charge in [0.1, 0.15) is 0 Å². The molecule has 156 valence electrons. The summed E-state index contributed by atoms with van der Waals surface area (Å²) in [6.45, 7) is 8.71. The molecule has 3 heterocycles. The van der Waals surface area contributed by atoms with Crippen LogP contribution in [0.2, 0.25) is 0 Å². The van der Waals surface area contributed by atoms with E-state index in [1.54, 1.807) is 0 Å². The molecule has 0 spiro atoms. The minimum absolute atomic E-state index is 0.100. The zero-order valence-corrected chi connectivity index (χ0v) is 17.3. The fourth-order valence-electron chi connectivity index (χ4n) is 4.32. The van der Waals surface area contributed by atoms with Crippen LogP contribution in [0, 0.1) is 0 Å². The van der Waals surface area contributed by atoms with Gasteiger partial charge < -0.3 is 9.64 Å². The second-order valence-electron chi connectivity index (χ2n) is 8.21. The maximum Gasteiger partial charge on any atom is 0.222 e. The summed E-state index contributed by atoms with van der Waals surface area (Å²) >= 11 is 0. The van der Waals surface area contributed by atoms with E-state index in [1.807, 2.05) is 23.4 Å². The minimum Gasteiger partial charge on any atom is -0.372 e. The van der Waals surface area contributed by atoms with E-state index in [9.17, 15) is 4.79 Å². The lowest BCUT2D eigenvalue weighted by Gasteiger charge is -2.35. The zero-order valence-electron chi connectivity index (χ0n) is 17.3. The highest BCUT2D eigenvalue weighted by Crippen LogP contribution is 2.19. The minimum atomic E-state index is 0.100. The Morgan fingerprint density at radius 1 is 1.17 bits per heavy atom. The number of aryl methyl sites for hydroxylation is 1. The number of hydrogen-bond acceptors (Lipinski definition) is 6. The van der Waals surface area contributed by atoms with Crippen molar-refractivity contribution in [2.45, 2.75) is 65.0 Å². The smallest absolute Gasteiger partial charge is 0.222 e. The molecule has 4 rings (SSSR count). The molecule has 1 saturated heterocycles. The molecule has 0 radical (unpaired) electrons. The molecule has 1 aromatic carbocycles. The molecule has 0 N–H and O–H groups in total. The standard InChI is InChI=1S/C21H30N6O2/c1-16-12-26(13-17(2)29-16)21(28)8-5-10-27-20(22-23-24-27)15-25-11-9-18-6-3-4-7-19(18)14-25/h3-4,6-7,16-17H,5,8-15H2,1-2H3/t16-,17+. The Hall–Kier alpha value is -2.32. The molecular formula is C21H30N6O2. The number of tetrazole rings is 1. The van der Waals surface area contributed by atoms with Crippen molar-refractivity contribution in [3.63, 3.8) is 0 Å². The zero-order chi connectivity index (χ0) is 20.2. The van der Waals surface area contributed by atoms with Gasteiger partial charge in [-0.3, -0.25) is 9.69 Å². The van der Waals surface area contributed by atoms with E-state index < -0.39 is 0 Å². The molecule has 0 saturated carbocycles. The maximum absolute atomic E-state index is 12.5. The fourth-order valence-corrected chi connectivity index (χ4v) is 4.32. The number of rotatable bonds is 6. The van der Waals surface area contributed by atoms with E-state index in [2.05, 4.69) is 44.7 Å². The lowest BCUT2D eigenvalue weighted by molar-refractivity contribution is -0.143. The summed E-state index contributed by atoms with van der Waals surface area (Å²) in [4.78, 5) is 16.8. The maximum atomic E-state index is 12.5. The Morgan fingerprint density at radius 2 is 1.93 bits per heavy atom. The summed E-state index contributed by atoms with van der Waals surface area (Å²) in [5.41, 5.74) is 2.82. The molecular weight excluding hydrogens is 368 g/mol. The highest BCUT2D eigenvalue weighted by atomic mass is 16.5. The summed E-state index contributed by atoms with van der Waals surface area (Å²) in [5.74, 6) is 1.06. The van der Waals surface area contributed by atoms with Crippen LogP contribution in [0.1, 0.15) is 43.6 Å². The van der Waals surface area contributed by atoms with Gasteiger partial charge in [-0.25, -0.2) is 4.68 Å². The van der Waals surface area contributed by atoms with Crippen molar-refractivity contribution in [1.29, 1.82) is 0 Å². The van der Waals surface area contributed by atoms with Crippen LogP contribution in [-0.2, 0) is 35.6 Å². The topological polar surface area (TPSA) is 76.4 Å². The number of aromatic nitrogens is 4. The van der Waals surface area contributed by atoms with Crippen molar-refractivity contribution < 1.29 is 9.53 Å². The summed E-state index contributed by atoms with van der Waals surface area (Å²) in [6.07, 6.45) is 2.50. The van der Waals surface area contributed by atoms with Gasteiger partial charge in [0.05, 0.1) is 18.8 Å². The van der Waals surface area contributed by atoms with Crippen molar-refractivity contribution in [3.05, 3.63) is 41.2 Å². The van der Waals surface area contributed by atoms with Gasteiger partial charge in [0.25, 0.3) is 0 Å². The first-order valence-electron chi connectivity index (χ1n) is 10.6. The molecule has 2 aliphatic rings. The van der Waals surface area contributed by atoms with Gasteiger partial charge in [0.2, 0.25) is 5.91 Å². The van der Waals surface area contributed by atoms with Crippen LogP contribution >= 0.6 is 0 Å².